The van der Waals surface area contributed by atoms with Gasteiger partial charge in [-0.3, -0.25) is 4.79 Å². The molecular weight excluding hydrogens is 240 g/mol. The first-order valence-corrected chi connectivity index (χ1v) is 6.77. The largest absolute Gasteiger partial charge is 0.469 e. The van der Waals surface area contributed by atoms with Crippen LogP contribution in [0.2, 0.25) is 0 Å². The molecule has 1 aromatic heterocycles. The summed E-state index contributed by atoms with van der Waals surface area (Å²) in [5.74, 6) is 0.881. The first-order chi connectivity index (χ1) is 9.26. The Hall–Kier alpha value is -1.84. The molecule has 1 heterocycles. The van der Waals surface area contributed by atoms with Crippen LogP contribution in [0.25, 0.3) is 11.0 Å². The van der Waals surface area contributed by atoms with Gasteiger partial charge in [-0.25, -0.2) is 4.98 Å². The van der Waals surface area contributed by atoms with Crippen LogP contribution in [0.3, 0.4) is 0 Å². The fourth-order valence-electron chi connectivity index (χ4n) is 2.21. The number of hydrogen-bond acceptors (Lipinski definition) is 3. The second-order valence-electron chi connectivity index (χ2n) is 4.60. The summed E-state index contributed by atoms with van der Waals surface area (Å²) in [6.07, 6.45) is 3.59. The number of aromatic nitrogens is 2. The second kappa shape index (κ2) is 6.36. The quantitative estimate of drug-likeness (QED) is 0.750. The van der Waals surface area contributed by atoms with Gasteiger partial charge in [-0.1, -0.05) is 25.5 Å². The standard InChI is InChI=1S/C15H20N2O2/c1-3-4-9-14-16-12-7-5-6-8-13(12)17(14)11-10-15(18)19-2/h5-8H,3-4,9-11H2,1-2H3. The minimum absolute atomic E-state index is 0.181. The maximum Gasteiger partial charge on any atom is 0.307 e. The number of fused-ring (bicyclic) bond motifs is 1. The fraction of sp³-hybridized carbons (Fsp3) is 0.467. The van der Waals surface area contributed by atoms with E-state index in [4.69, 9.17) is 4.74 Å². The van der Waals surface area contributed by atoms with E-state index in [0.29, 0.717) is 13.0 Å². The van der Waals surface area contributed by atoms with E-state index < -0.39 is 0 Å². The molecule has 0 amide bonds. The zero-order valence-corrected chi connectivity index (χ0v) is 11.6. The lowest BCUT2D eigenvalue weighted by atomic mass is 10.2. The lowest BCUT2D eigenvalue weighted by molar-refractivity contribution is -0.140. The SMILES string of the molecule is CCCCc1nc2ccccc2n1CCC(=O)OC. The molecule has 0 unspecified atom stereocenters. The summed E-state index contributed by atoms with van der Waals surface area (Å²) < 4.78 is 6.85. The molecule has 0 radical (unpaired) electrons. The van der Waals surface area contributed by atoms with Gasteiger partial charge in [0.25, 0.3) is 0 Å². The molecule has 0 spiro atoms. The highest BCUT2D eigenvalue weighted by Gasteiger charge is 2.11. The van der Waals surface area contributed by atoms with Crippen LogP contribution >= 0.6 is 0 Å². The number of ether oxygens (including phenoxy) is 1. The highest BCUT2D eigenvalue weighted by Crippen LogP contribution is 2.18. The highest BCUT2D eigenvalue weighted by molar-refractivity contribution is 5.76. The van der Waals surface area contributed by atoms with Crippen LogP contribution in [-0.4, -0.2) is 22.6 Å². The van der Waals surface area contributed by atoms with E-state index in [1.165, 1.54) is 7.11 Å². The van der Waals surface area contributed by atoms with Gasteiger partial charge in [-0.05, 0) is 18.6 Å². The number of nitrogens with zero attached hydrogens (tertiary/aromatic N) is 2. The molecule has 0 N–H and O–H groups in total. The van der Waals surface area contributed by atoms with Crippen molar-refractivity contribution in [3.63, 3.8) is 0 Å². The number of rotatable bonds is 6. The van der Waals surface area contributed by atoms with Gasteiger partial charge in [-0.2, -0.15) is 0 Å². The van der Waals surface area contributed by atoms with Crippen molar-refractivity contribution in [2.45, 2.75) is 39.2 Å². The van der Waals surface area contributed by atoms with Gasteiger partial charge in [-0.15, -0.1) is 0 Å². The number of carbonyl (C=O) groups is 1. The topological polar surface area (TPSA) is 44.1 Å². The number of esters is 1. The maximum absolute atomic E-state index is 11.3. The monoisotopic (exact) mass is 260 g/mol. The third kappa shape index (κ3) is 3.13. The molecule has 0 bridgehead atoms. The predicted octanol–water partition coefficient (Wildman–Crippen LogP) is 2.94. The third-order valence-electron chi connectivity index (χ3n) is 3.25. The van der Waals surface area contributed by atoms with E-state index in [9.17, 15) is 4.79 Å². The number of carbonyl (C=O) groups excluding carboxylic acids is 1. The van der Waals surface area contributed by atoms with Crippen LogP contribution in [0.1, 0.15) is 32.0 Å². The zero-order chi connectivity index (χ0) is 13.7. The molecule has 0 saturated carbocycles. The molecule has 0 atom stereocenters. The summed E-state index contributed by atoms with van der Waals surface area (Å²) in [5, 5.41) is 0. The lowest BCUT2D eigenvalue weighted by Crippen LogP contribution is -2.09. The van der Waals surface area contributed by atoms with Crippen molar-refractivity contribution in [2.75, 3.05) is 7.11 Å². The van der Waals surface area contributed by atoms with Gasteiger partial charge >= 0.3 is 5.97 Å². The van der Waals surface area contributed by atoms with Crippen molar-refractivity contribution in [3.8, 4) is 0 Å². The summed E-state index contributed by atoms with van der Waals surface area (Å²) in [7, 11) is 1.42. The molecule has 0 aliphatic heterocycles. The fourth-order valence-corrected chi connectivity index (χ4v) is 2.21. The van der Waals surface area contributed by atoms with Gasteiger partial charge in [0.15, 0.2) is 0 Å². The van der Waals surface area contributed by atoms with Crippen LogP contribution < -0.4 is 0 Å². The maximum atomic E-state index is 11.3. The van der Waals surface area contributed by atoms with E-state index in [0.717, 1.165) is 36.1 Å². The Labute approximate surface area is 113 Å². The summed E-state index contributed by atoms with van der Waals surface area (Å²) in [6, 6.07) is 8.06. The summed E-state index contributed by atoms with van der Waals surface area (Å²) in [5.41, 5.74) is 2.09. The summed E-state index contributed by atoms with van der Waals surface area (Å²) in [4.78, 5) is 16.0. The average molecular weight is 260 g/mol. The number of methoxy groups -OCH3 is 1. The Morgan fingerprint density at radius 1 is 1.37 bits per heavy atom. The van der Waals surface area contributed by atoms with E-state index in [-0.39, 0.29) is 5.97 Å². The number of imidazole rings is 1. The normalized spacial score (nSPS) is 10.8. The average Bonchev–Trinajstić information content (AvgIpc) is 2.80. The lowest BCUT2D eigenvalue weighted by Gasteiger charge is -2.08. The number of para-hydroxylation sites is 2. The number of aryl methyl sites for hydroxylation is 2. The van der Waals surface area contributed by atoms with Crippen molar-refractivity contribution >= 4 is 17.0 Å². The molecule has 2 rings (SSSR count). The summed E-state index contributed by atoms with van der Waals surface area (Å²) in [6.45, 7) is 2.80. The minimum Gasteiger partial charge on any atom is -0.469 e. The molecule has 4 nitrogen and oxygen atoms in total. The minimum atomic E-state index is -0.181. The molecule has 4 heteroatoms. The van der Waals surface area contributed by atoms with Gasteiger partial charge < -0.3 is 9.30 Å². The smallest absolute Gasteiger partial charge is 0.307 e. The molecule has 0 aliphatic carbocycles. The van der Waals surface area contributed by atoms with E-state index >= 15 is 0 Å². The third-order valence-corrected chi connectivity index (χ3v) is 3.25. The van der Waals surface area contributed by atoms with Gasteiger partial charge in [0.1, 0.15) is 5.82 Å². The van der Waals surface area contributed by atoms with Gasteiger partial charge in [0.2, 0.25) is 0 Å². The molecule has 0 saturated heterocycles. The molecular formula is C15H20N2O2. The molecule has 102 valence electrons. The van der Waals surface area contributed by atoms with Crippen LogP contribution in [0.15, 0.2) is 24.3 Å². The Bertz CT molecular complexity index is 560. The van der Waals surface area contributed by atoms with Crippen LogP contribution in [0, 0.1) is 0 Å². The van der Waals surface area contributed by atoms with E-state index in [1.807, 2.05) is 18.2 Å². The van der Waals surface area contributed by atoms with Gasteiger partial charge in [0, 0.05) is 13.0 Å². The van der Waals surface area contributed by atoms with Crippen molar-refractivity contribution < 1.29 is 9.53 Å². The molecule has 19 heavy (non-hydrogen) atoms. The van der Waals surface area contributed by atoms with Crippen LogP contribution in [0.5, 0.6) is 0 Å². The first kappa shape index (κ1) is 13.6. The number of hydrogen-bond donors (Lipinski definition) is 0. The molecule has 1 aromatic carbocycles. The Morgan fingerprint density at radius 2 is 2.16 bits per heavy atom. The van der Waals surface area contributed by atoms with Crippen molar-refractivity contribution in [1.82, 2.24) is 9.55 Å². The molecule has 0 fully saturated rings. The molecule has 0 aliphatic rings. The zero-order valence-electron chi connectivity index (χ0n) is 11.6. The van der Waals surface area contributed by atoms with Crippen LogP contribution in [0.4, 0.5) is 0 Å². The van der Waals surface area contributed by atoms with E-state index in [2.05, 4.69) is 22.5 Å². The van der Waals surface area contributed by atoms with Crippen molar-refractivity contribution in [1.29, 1.82) is 0 Å². The molecule has 2 aromatic rings. The highest BCUT2D eigenvalue weighted by atomic mass is 16.5. The Balaban J connectivity index is 2.28. The Morgan fingerprint density at radius 3 is 2.89 bits per heavy atom. The van der Waals surface area contributed by atoms with Crippen molar-refractivity contribution in [2.24, 2.45) is 0 Å². The summed E-state index contributed by atoms with van der Waals surface area (Å²) >= 11 is 0. The second-order valence-corrected chi connectivity index (χ2v) is 4.60. The number of unbranched alkanes of at least 4 members (excludes halogenated alkanes) is 1. The first-order valence-electron chi connectivity index (χ1n) is 6.77. The van der Waals surface area contributed by atoms with E-state index in [1.54, 1.807) is 0 Å². The van der Waals surface area contributed by atoms with Crippen LogP contribution in [-0.2, 0) is 22.5 Å². The number of benzene rings is 1. The van der Waals surface area contributed by atoms with Gasteiger partial charge in [0.05, 0.1) is 24.6 Å². The predicted molar refractivity (Wildman–Crippen MR) is 75.0 cm³/mol. The Kier molecular flexibility index (Phi) is 4.55. The van der Waals surface area contributed by atoms with Crippen molar-refractivity contribution in [3.05, 3.63) is 30.1 Å².